The molecule has 5 fully saturated rings. The molecule has 0 bridgehead atoms. The van der Waals surface area contributed by atoms with E-state index >= 15 is 0 Å². The Kier molecular flexibility index (Phi) is 7.11. The average molecular weight is 533 g/mol. The number of fused-ring (bicyclic) bond motifs is 7. The summed E-state index contributed by atoms with van der Waals surface area (Å²) in [4.78, 5) is 11.6. The lowest BCUT2D eigenvalue weighted by Gasteiger charge is -2.58. The van der Waals surface area contributed by atoms with Gasteiger partial charge in [-0.05, 0) is 97.7 Å². The third-order valence-corrected chi connectivity index (χ3v) is 15.5. The fourth-order valence-electron chi connectivity index (χ4n) is 10.2. The molecule has 6 aliphatic rings. The molecule has 0 N–H and O–H groups in total. The molecule has 2 saturated heterocycles. The van der Waals surface area contributed by atoms with Crippen molar-refractivity contribution in [2.75, 3.05) is 11.5 Å². The monoisotopic (exact) mass is 532 g/mol. The Bertz CT molecular complexity index is 883. The molecule has 6 rings (SSSR count). The van der Waals surface area contributed by atoms with Gasteiger partial charge in [0.2, 0.25) is 0 Å². The number of ether oxygens (including phenoxy) is 2. The van der Waals surface area contributed by atoms with Crippen LogP contribution in [0.3, 0.4) is 0 Å². The number of carbonyl (C=O) groups is 1. The summed E-state index contributed by atoms with van der Waals surface area (Å²) in [7, 11) is 0. The molecule has 0 aromatic heterocycles. The minimum absolute atomic E-state index is 0.0952. The topological polar surface area (TPSA) is 35.5 Å². The molecule has 0 aromatic carbocycles. The van der Waals surface area contributed by atoms with Crippen LogP contribution in [-0.2, 0) is 14.3 Å². The fourth-order valence-corrected chi connectivity index (χ4v) is 13.4. The minimum atomic E-state index is -0.123. The van der Waals surface area contributed by atoms with Crippen LogP contribution in [0.4, 0.5) is 0 Å². The van der Waals surface area contributed by atoms with Crippen molar-refractivity contribution in [3.8, 4) is 0 Å². The molecule has 36 heavy (non-hydrogen) atoms. The predicted molar refractivity (Wildman–Crippen MR) is 151 cm³/mol. The number of thioether (sulfide) groups is 2. The Morgan fingerprint density at radius 1 is 1.19 bits per heavy atom. The van der Waals surface area contributed by atoms with E-state index in [1.54, 1.807) is 12.5 Å². The molecule has 0 spiro atoms. The van der Waals surface area contributed by atoms with Gasteiger partial charge in [0.1, 0.15) is 6.10 Å². The molecule has 0 amide bonds. The first-order chi connectivity index (χ1) is 17.2. The van der Waals surface area contributed by atoms with Crippen LogP contribution in [0, 0.1) is 46.3 Å². The van der Waals surface area contributed by atoms with Crippen molar-refractivity contribution in [1.82, 2.24) is 0 Å². The lowest BCUT2D eigenvalue weighted by molar-refractivity contribution is -0.148. The summed E-state index contributed by atoms with van der Waals surface area (Å²) in [5, 5.41) is 0. The summed E-state index contributed by atoms with van der Waals surface area (Å²) >= 11 is 4.36. The molecule has 0 radical (unpaired) electrons. The summed E-state index contributed by atoms with van der Waals surface area (Å²) < 4.78 is 13.4. The maximum atomic E-state index is 11.6. The van der Waals surface area contributed by atoms with Gasteiger partial charge < -0.3 is 9.47 Å². The van der Waals surface area contributed by atoms with Crippen molar-refractivity contribution < 1.29 is 14.3 Å². The van der Waals surface area contributed by atoms with Crippen molar-refractivity contribution in [2.45, 2.75) is 115 Å². The first-order valence-electron chi connectivity index (χ1n) is 15.0. The summed E-state index contributed by atoms with van der Waals surface area (Å²) in [5.74, 6) is 7.20. The number of hydrogen-bond acceptors (Lipinski definition) is 5. The van der Waals surface area contributed by atoms with Gasteiger partial charge in [-0.25, -0.2) is 0 Å². The van der Waals surface area contributed by atoms with Crippen LogP contribution in [0.5, 0.6) is 0 Å². The first-order valence-corrected chi connectivity index (χ1v) is 17.1. The molecule has 5 heteroatoms. The highest BCUT2D eigenvalue weighted by atomic mass is 32.2. The number of carbonyl (C=O) groups excluding carboxylic acids is 1. The Morgan fingerprint density at radius 2 is 1.97 bits per heavy atom. The lowest BCUT2D eigenvalue weighted by Crippen LogP contribution is -2.51. The Morgan fingerprint density at radius 3 is 2.72 bits per heavy atom. The lowest BCUT2D eigenvalue weighted by atomic mass is 9.47. The van der Waals surface area contributed by atoms with E-state index in [1.807, 2.05) is 0 Å². The maximum Gasteiger partial charge on any atom is 0.302 e. The van der Waals surface area contributed by atoms with Gasteiger partial charge in [0.15, 0.2) is 0 Å². The molecule has 11 unspecified atom stereocenters. The average Bonchev–Trinajstić information content (AvgIpc) is 3.54. The second kappa shape index (κ2) is 9.81. The third kappa shape index (κ3) is 4.24. The molecular weight excluding hydrogens is 484 g/mol. The molecule has 3 saturated carbocycles. The van der Waals surface area contributed by atoms with Crippen LogP contribution in [0.25, 0.3) is 0 Å². The molecular formula is C31H48O3S2. The summed E-state index contributed by atoms with van der Waals surface area (Å²) in [6.07, 6.45) is 14.7. The van der Waals surface area contributed by atoms with E-state index < -0.39 is 0 Å². The molecule has 4 aliphatic carbocycles. The van der Waals surface area contributed by atoms with E-state index in [9.17, 15) is 4.79 Å². The summed E-state index contributed by atoms with van der Waals surface area (Å²) in [5.41, 5.74) is 2.35. The second-order valence-electron chi connectivity index (χ2n) is 13.8. The van der Waals surface area contributed by atoms with E-state index in [0.717, 1.165) is 47.0 Å². The van der Waals surface area contributed by atoms with Crippen molar-refractivity contribution >= 4 is 29.5 Å². The Hall–Kier alpha value is -0.130. The van der Waals surface area contributed by atoms with E-state index in [0.29, 0.717) is 29.0 Å². The van der Waals surface area contributed by atoms with E-state index in [2.05, 4.69) is 57.3 Å². The van der Waals surface area contributed by atoms with Crippen LogP contribution >= 0.6 is 23.5 Å². The van der Waals surface area contributed by atoms with Crippen LogP contribution in [0.2, 0.25) is 0 Å². The zero-order valence-corrected chi connectivity index (χ0v) is 24.8. The maximum absolute atomic E-state index is 11.6. The van der Waals surface area contributed by atoms with Crippen LogP contribution in [0.1, 0.15) is 92.4 Å². The number of allylic oxidation sites excluding steroid dienone is 1. The molecule has 2 heterocycles. The van der Waals surface area contributed by atoms with Crippen molar-refractivity contribution in [3.63, 3.8) is 0 Å². The fraction of sp³-hybridized carbons (Fsp3) is 0.903. The predicted octanol–water partition coefficient (Wildman–Crippen LogP) is 7.73. The highest BCUT2D eigenvalue weighted by Gasteiger charge is 2.65. The third-order valence-electron chi connectivity index (χ3n) is 12.0. The van der Waals surface area contributed by atoms with Gasteiger partial charge in [-0.1, -0.05) is 39.3 Å². The normalized spacial score (nSPS) is 49.0. The zero-order valence-electron chi connectivity index (χ0n) is 23.2. The van der Waals surface area contributed by atoms with Gasteiger partial charge in [-0.2, -0.15) is 0 Å². The second-order valence-corrected chi connectivity index (χ2v) is 16.6. The van der Waals surface area contributed by atoms with Gasteiger partial charge in [0, 0.05) is 24.9 Å². The molecule has 3 nitrogen and oxygen atoms in total. The van der Waals surface area contributed by atoms with Crippen molar-refractivity contribution in [1.29, 1.82) is 0 Å². The van der Waals surface area contributed by atoms with E-state index in [4.69, 9.17) is 9.47 Å². The van der Waals surface area contributed by atoms with Gasteiger partial charge in [-0.3, -0.25) is 4.79 Å². The van der Waals surface area contributed by atoms with Gasteiger partial charge in [0.05, 0.1) is 16.8 Å². The summed E-state index contributed by atoms with van der Waals surface area (Å²) in [6, 6.07) is 0. The minimum Gasteiger partial charge on any atom is -0.462 e. The largest absolute Gasteiger partial charge is 0.462 e. The van der Waals surface area contributed by atoms with Crippen molar-refractivity contribution in [3.05, 3.63) is 11.6 Å². The van der Waals surface area contributed by atoms with Crippen molar-refractivity contribution in [2.24, 2.45) is 46.3 Å². The van der Waals surface area contributed by atoms with Crippen LogP contribution in [-0.4, -0.2) is 40.4 Å². The number of esters is 1. The van der Waals surface area contributed by atoms with Gasteiger partial charge >= 0.3 is 5.97 Å². The SMILES string of the molecule is CC(=O)OC1CCC2(C)C(=CCC3C2CCC2(C)C3CC3OC(CCC(C)C4SCCS4)C(C)C32)C1. The summed E-state index contributed by atoms with van der Waals surface area (Å²) in [6.45, 7) is 11.8. The quantitative estimate of drug-likeness (QED) is 0.267. The van der Waals surface area contributed by atoms with Gasteiger partial charge in [0.25, 0.3) is 0 Å². The van der Waals surface area contributed by atoms with E-state index in [-0.39, 0.29) is 12.1 Å². The van der Waals surface area contributed by atoms with E-state index in [1.165, 1.54) is 56.5 Å². The van der Waals surface area contributed by atoms with Gasteiger partial charge in [-0.15, -0.1) is 23.5 Å². The Balaban J connectivity index is 1.13. The number of rotatable bonds is 5. The molecule has 2 aliphatic heterocycles. The highest BCUT2D eigenvalue weighted by molar-refractivity contribution is 8.20. The smallest absolute Gasteiger partial charge is 0.302 e. The molecule has 11 atom stereocenters. The highest BCUT2D eigenvalue weighted by Crippen LogP contribution is 2.69. The van der Waals surface area contributed by atoms with Crippen LogP contribution in [0.15, 0.2) is 11.6 Å². The zero-order chi connectivity index (χ0) is 25.2. The molecule has 0 aromatic rings. The standard InChI is InChI=1S/C31H48O3S2/c1-18(29-35-14-15-36-29)6-9-26-19(2)28-27(34-26)17-25-23-8-7-21-16-22(33-20(3)32)10-12-30(21,4)24(23)11-13-31(25,28)5/h7,18-19,22-29H,6,8-17H2,1-5H3. The Labute approximate surface area is 228 Å². The van der Waals surface area contributed by atoms with Crippen LogP contribution < -0.4 is 0 Å². The first kappa shape index (κ1) is 26.1. The number of hydrogen-bond donors (Lipinski definition) is 0. The molecule has 202 valence electrons.